The van der Waals surface area contributed by atoms with Gasteiger partial charge in [0.05, 0.1) is 19.8 Å². The molecule has 18 heteroatoms. The molecule has 3 N–H and O–H groups in total. The minimum atomic E-state index is 0.227. The van der Waals surface area contributed by atoms with Crippen LogP contribution < -0.4 is 0 Å². The van der Waals surface area contributed by atoms with Crippen molar-refractivity contribution in [3.05, 3.63) is 173 Å². The van der Waals surface area contributed by atoms with Gasteiger partial charge in [-0.2, -0.15) is 0 Å². The van der Waals surface area contributed by atoms with Gasteiger partial charge in [0.2, 0.25) is 0 Å². The lowest BCUT2D eigenvalue weighted by Gasteiger charge is -2.39. The molecule has 0 radical (unpaired) electrons. The van der Waals surface area contributed by atoms with Crippen molar-refractivity contribution < 1.29 is 15.3 Å². The molecule has 0 aromatic heterocycles. The fraction of sp³-hybridized carbons (Fsp3) is 0.455. The largest absolute Gasteiger partial charge is 0.395 e. The number of hydrogen-bond donors (Lipinski definition) is 3. The third kappa shape index (κ3) is 17.4. The van der Waals surface area contributed by atoms with Crippen molar-refractivity contribution in [2.24, 2.45) is 0 Å². The van der Waals surface area contributed by atoms with Crippen molar-refractivity contribution in [1.29, 1.82) is 0 Å². The minimum absolute atomic E-state index is 0.227. The molecule has 0 spiro atoms. The molecule has 0 bridgehead atoms. The number of hydrogen-bond acceptors (Lipinski definition) is 12. The number of aliphatic hydroxyl groups is 3. The maximum absolute atomic E-state index is 9.18. The number of halogens is 6. The van der Waals surface area contributed by atoms with Crippen LogP contribution in [0.4, 0.5) is 0 Å². The van der Waals surface area contributed by atoms with Gasteiger partial charge in [-0.1, -0.05) is 143 Å². The molecule has 13 rings (SSSR count). The Morgan fingerprint density at radius 3 is 0.774 bits per heavy atom. The number of β-amino-alcohol motifs (C(OH)–C–C–N with tert-alkyl or cyclic N) is 3. The summed E-state index contributed by atoms with van der Waals surface area (Å²) < 4.78 is 0. The monoisotopic (exact) mass is 1310 g/mol. The molecule has 6 aromatic rings. The highest BCUT2D eigenvalue weighted by atomic mass is 35.5. The number of benzene rings is 6. The van der Waals surface area contributed by atoms with Crippen LogP contribution in [0.25, 0.3) is 0 Å². The van der Waals surface area contributed by atoms with E-state index in [9.17, 15) is 15.3 Å². The minimum Gasteiger partial charge on any atom is -0.395 e. The van der Waals surface area contributed by atoms with Gasteiger partial charge in [-0.3, -0.25) is 29.4 Å². The third-order valence-corrected chi connectivity index (χ3v) is 22.3. The normalized spacial score (nSPS) is 21.3. The summed E-state index contributed by atoms with van der Waals surface area (Å²) in [6.07, 6.45) is 11.8. The van der Waals surface area contributed by atoms with Crippen LogP contribution in [0.5, 0.6) is 0 Å². The number of aliphatic hydroxyl groups excluding tert-OH is 3. The number of fused-ring (bicyclic) bond motifs is 6. The zero-order chi connectivity index (χ0) is 58.5. The molecule has 84 heavy (non-hydrogen) atoms. The quantitative estimate of drug-likeness (QED) is 0.129. The number of piperazine rings is 3. The summed E-state index contributed by atoms with van der Waals surface area (Å²) in [6, 6.07) is 38.2. The maximum Gasteiger partial charge on any atom is 0.0558 e. The van der Waals surface area contributed by atoms with Crippen LogP contribution in [0.2, 0.25) is 30.1 Å². The summed E-state index contributed by atoms with van der Waals surface area (Å²) >= 11 is 43.3. The van der Waals surface area contributed by atoms with Crippen LogP contribution >= 0.6 is 105 Å². The van der Waals surface area contributed by atoms with Crippen molar-refractivity contribution in [1.82, 2.24) is 29.4 Å². The zero-order valence-corrected chi connectivity index (χ0v) is 54.7. The Bertz CT molecular complexity index is 2790. The molecule has 3 saturated heterocycles. The number of nitrogens with zero attached hydrogens (tertiary/aromatic N) is 6. The molecule has 6 aromatic carbocycles. The molecule has 3 unspecified atom stereocenters. The molecule has 3 atom stereocenters. The van der Waals surface area contributed by atoms with Gasteiger partial charge in [0.15, 0.2) is 0 Å². The Kier molecular flexibility index (Phi) is 24.6. The van der Waals surface area contributed by atoms with E-state index in [2.05, 4.69) is 102 Å². The highest BCUT2D eigenvalue weighted by Crippen LogP contribution is 2.48. The van der Waals surface area contributed by atoms with Crippen LogP contribution in [0.1, 0.15) is 90.0 Å². The SMILES string of the molecule is C1CCCCC1.OCCN1CCN(C2Cc3cc(Cl)ccc3Sc3ccc(Cl)cc32)CC1.OCCN1CCN(C2Cc3cc(Cl)ccc3Sc3ccc(Cl)cc32)CC1.OCCN1CCN(C2Cc3cc(Cl)ccc3Sc3ccc(Cl)cc32)CC1. The Hall–Kier alpha value is -2.25. The van der Waals surface area contributed by atoms with Crippen molar-refractivity contribution >= 4 is 105 Å². The Morgan fingerprint density at radius 2 is 0.536 bits per heavy atom. The highest BCUT2D eigenvalue weighted by Gasteiger charge is 2.34. The van der Waals surface area contributed by atoms with E-state index in [-0.39, 0.29) is 19.8 Å². The van der Waals surface area contributed by atoms with Gasteiger partial charge in [0.25, 0.3) is 0 Å². The van der Waals surface area contributed by atoms with E-state index in [0.29, 0.717) is 18.1 Å². The molecule has 4 fully saturated rings. The summed E-state index contributed by atoms with van der Waals surface area (Å²) in [7, 11) is 0. The summed E-state index contributed by atoms with van der Waals surface area (Å²) in [5.41, 5.74) is 7.84. The van der Waals surface area contributed by atoms with E-state index in [1.807, 2.05) is 71.7 Å². The summed E-state index contributed by atoms with van der Waals surface area (Å²) in [6.45, 7) is 14.9. The van der Waals surface area contributed by atoms with E-state index in [4.69, 9.17) is 69.6 Å². The van der Waals surface area contributed by atoms with Gasteiger partial charge < -0.3 is 15.3 Å². The molecule has 9 nitrogen and oxygen atoms in total. The summed E-state index contributed by atoms with van der Waals surface area (Å²) in [5.74, 6) is 0. The molecule has 6 heterocycles. The second kappa shape index (κ2) is 32.0. The lowest BCUT2D eigenvalue weighted by molar-refractivity contribution is 0.0823. The summed E-state index contributed by atoms with van der Waals surface area (Å²) in [4.78, 5) is 22.3. The van der Waals surface area contributed by atoms with E-state index in [0.717, 1.165) is 148 Å². The average Bonchev–Trinajstić information content (AvgIpc) is 3.82. The maximum atomic E-state index is 9.18. The predicted octanol–water partition coefficient (Wildman–Crippen LogP) is 15.4. The van der Waals surface area contributed by atoms with Crippen LogP contribution in [0.3, 0.4) is 0 Å². The van der Waals surface area contributed by atoms with Gasteiger partial charge in [0, 0.05) is 176 Å². The van der Waals surface area contributed by atoms with Crippen LogP contribution in [-0.2, 0) is 19.3 Å². The van der Waals surface area contributed by atoms with E-state index in [1.165, 1.54) is 101 Å². The molecule has 7 aliphatic rings. The topological polar surface area (TPSA) is 80.1 Å². The second-order valence-corrected chi connectivity index (χ2v) is 28.6. The average molecular weight is 1310 g/mol. The first-order valence-electron chi connectivity index (χ1n) is 29.9. The van der Waals surface area contributed by atoms with Gasteiger partial charge >= 0.3 is 0 Å². The van der Waals surface area contributed by atoms with Crippen molar-refractivity contribution in [2.75, 3.05) is 118 Å². The van der Waals surface area contributed by atoms with Gasteiger partial charge in [-0.15, -0.1) is 0 Å². The van der Waals surface area contributed by atoms with Gasteiger partial charge in [-0.25, -0.2) is 0 Å². The Morgan fingerprint density at radius 1 is 0.310 bits per heavy atom. The van der Waals surface area contributed by atoms with Crippen molar-refractivity contribution in [3.63, 3.8) is 0 Å². The van der Waals surface area contributed by atoms with Crippen LogP contribution in [0.15, 0.2) is 139 Å². The zero-order valence-electron chi connectivity index (χ0n) is 47.7. The molecule has 0 amide bonds. The Labute approximate surface area is 541 Å². The van der Waals surface area contributed by atoms with Gasteiger partial charge in [0.1, 0.15) is 0 Å². The van der Waals surface area contributed by atoms with E-state index < -0.39 is 0 Å². The van der Waals surface area contributed by atoms with Crippen molar-refractivity contribution in [2.45, 2.75) is 105 Å². The lowest BCUT2D eigenvalue weighted by Crippen LogP contribution is -2.48. The lowest BCUT2D eigenvalue weighted by atomic mass is 9.96. The van der Waals surface area contributed by atoms with Gasteiger partial charge in [-0.05, 0) is 162 Å². The molecule has 6 aliphatic heterocycles. The first-order valence-corrected chi connectivity index (χ1v) is 34.6. The molecule has 1 aliphatic carbocycles. The fourth-order valence-electron chi connectivity index (χ4n) is 12.7. The third-order valence-electron chi connectivity index (χ3n) is 17.3. The number of rotatable bonds is 9. The van der Waals surface area contributed by atoms with E-state index in [1.54, 1.807) is 0 Å². The molecular formula is C66H78Cl6N6O3S3. The second-order valence-electron chi connectivity index (χ2n) is 22.7. The fourth-order valence-corrected chi connectivity index (χ4v) is 17.1. The standard InChI is InChI=1S/3C20H22Cl2N2OS.C6H12/c3*21-15-1-3-19-14(11-15)12-18(17-13-16(22)2-4-20(17)26-19)24-7-5-23(6-8-24)9-10-25;1-2-4-6-5-3-1/h3*1-4,11,13,18,25H,5-10,12H2;1-6H2. The predicted molar refractivity (Wildman–Crippen MR) is 353 cm³/mol. The first kappa shape index (κ1) is 64.7. The highest BCUT2D eigenvalue weighted by molar-refractivity contribution is 8.00. The summed E-state index contributed by atoms with van der Waals surface area (Å²) in [5, 5.41) is 32.3. The molecular weight excluding hydrogens is 1230 g/mol. The van der Waals surface area contributed by atoms with Crippen LogP contribution in [-0.4, -0.2) is 163 Å². The van der Waals surface area contributed by atoms with Crippen LogP contribution in [0, 0.1) is 0 Å². The Balaban J connectivity index is 0.000000133. The smallest absolute Gasteiger partial charge is 0.0558 e. The molecule has 450 valence electrons. The van der Waals surface area contributed by atoms with Crippen molar-refractivity contribution in [3.8, 4) is 0 Å². The molecule has 1 saturated carbocycles. The first-order chi connectivity index (χ1) is 40.9. The van der Waals surface area contributed by atoms with E-state index >= 15 is 0 Å².